The van der Waals surface area contributed by atoms with E-state index in [0.717, 1.165) is 24.2 Å². The topological polar surface area (TPSA) is 76.7 Å². The second-order valence-corrected chi connectivity index (χ2v) is 7.05. The molecule has 0 unspecified atom stereocenters. The van der Waals surface area contributed by atoms with Crippen molar-refractivity contribution in [3.8, 4) is 11.5 Å². The van der Waals surface area contributed by atoms with Gasteiger partial charge in [0.25, 0.3) is 5.91 Å². The van der Waals surface area contributed by atoms with Crippen LogP contribution in [0.1, 0.15) is 48.5 Å². The van der Waals surface area contributed by atoms with Gasteiger partial charge in [0, 0.05) is 17.7 Å². The van der Waals surface area contributed by atoms with Crippen LogP contribution in [0.25, 0.3) is 0 Å². The van der Waals surface area contributed by atoms with Crippen molar-refractivity contribution in [1.29, 1.82) is 0 Å². The zero-order valence-corrected chi connectivity index (χ0v) is 16.8. The van der Waals surface area contributed by atoms with Gasteiger partial charge in [0.1, 0.15) is 11.5 Å². The van der Waals surface area contributed by atoms with Crippen molar-refractivity contribution in [2.45, 2.75) is 45.3 Å². The maximum atomic E-state index is 12.2. The number of carbonyl (C=O) groups excluding carboxylic acids is 2. The van der Waals surface area contributed by atoms with E-state index in [1.807, 2.05) is 31.2 Å². The first-order valence-electron chi connectivity index (χ1n) is 10.2. The number of ether oxygens (including phenoxy) is 2. The molecule has 154 valence electrons. The predicted octanol–water partition coefficient (Wildman–Crippen LogP) is 3.45. The fourth-order valence-corrected chi connectivity index (χ4v) is 3.34. The van der Waals surface area contributed by atoms with Crippen molar-refractivity contribution < 1.29 is 19.1 Å². The molecule has 1 fully saturated rings. The van der Waals surface area contributed by atoms with Gasteiger partial charge in [0.15, 0.2) is 0 Å². The minimum atomic E-state index is -0.298. The van der Waals surface area contributed by atoms with E-state index in [2.05, 4.69) is 10.6 Å². The van der Waals surface area contributed by atoms with E-state index in [1.54, 1.807) is 24.3 Å². The smallest absolute Gasteiger partial charge is 0.251 e. The normalized spacial score (nSPS) is 13.7. The Balaban J connectivity index is 1.45. The molecule has 1 aliphatic carbocycles. The SMILES string of the molecule is CCOc1ccc(C(=O)NCC(=O)NCc2ccccc2OC2CCCC2)cc1. The Hall–Kier alpha value is -3.02. The lowest BCUT2D eigenvalue weighted by molar-refractivity contribution is -0.120. The summed E-state index contributed by atoms with van der Waals surface area (Å²) in [6, 6.07) is 14.6. The summed E-state index contributed by atoms with van der Waals surface area (Å²) in [7, 11) is 0. The Kier molecular flexibility index (Phi) is 7.50. The number of benzene rings is 2. The molecule has 2 amide bonds. The van der Waals surface area contributed by atoms with E-state index in [9.17, 15) is 9.59 Å². The lowest BCUT2D eigenvalue weighted by Gasteiger charge is -2.17. The van der Waals surface area contributed by atoms with Crippen molar-refractivity contribution in [1.82, 2.24) is 10.6 Å². The predicted molar refractivity (Wildman–Crippen MR) is 111 cm³/mol. The largest absolute Gasteiger partial charge is 0.494 e. The Labute approximate surface area is 171 Å². The molecule has 0 heterocycles. The third-order valence-corrected chi connectivity index (χ3v) is 4.88. The highest BCUT2D eigenvalue weighted by molar-refractivity contribution is 5.96. The lowest BCUT2D eigenvalue weighted by atomic mass is 10.2. The molecule has 0 atom stereocenters. The van der Waals surface area contributed by atoms with Crippen molar-refractivity contribution in [2.75, 3.05) is 13.2 Å². The minimum absolute atomic E-state index is 0.0856. The van der Waals surface area contributed by atoms with E-state index >= 15 is 0 Å². The Bertz CT molecular complexity index is 814. The fraction of sp³-hybridized carbons (Fsp3) is 0.391. The van der Waals surface area contributed by atoms with E-state index < -0.39 is 0 Å². The average Bonchev–Trinajstić information content (AvgIpc) is 3.25. The molecular formula is C23H28N2O4. The summed E-state index contributed by atoms with van der Waals surface area (Å²) in [6.07, 6.45) is 4.84. The Morgan fingerprint density at radius 1 is 1.00 bits per heavy atom. The summed E-state index contributed by atoms with van der Waals surface area (Å²) in [5.41, 5.74) is 1.42. The maximum absolute atomic E-state index is 12.2. The first-order valence-corrected chi connectivity index (χ1v) is 10.2. The van der Waals surface area contributed by atoms with Crippen LogP contribution in [0.15, 0.2) is 48.5 Å². The van der Waals surface area contributed by atoms with Crippen molar-refractivity contribution >= 4 is 11.8 Å². The van der Waals surface area contributed by atoms with Crippen LogP contribution in [0.4, 0.5) is 0 Å². The Morgan fingerprint density at radius 2 is 1.72 bits per heavy atom. The van der Waals surface area contributed by atoms with Gasteiger partial charge in [-0.15, -0.1) is 0 Å². The number of hydrogen-bond acceptors (Lipinski definition) is 4. The maximum Gasteiger partial charge on any atom is 0.251 e. The summed E-state index contributed by atoms with van der Waals surface area (Å²) in [5, 5.41) is 5.48. The third-order valence-electron chi connectivity index (χ3n) is 4.88. The van der Waals surface area contributed by atoms with Crippen LogP contribution in [0.3, 0.4) is 0 Å². The third kappa shape index (κ3) is 6.24. The second kappa shape index (κ2) is 10.5. The first kappa shape index (κ1) is 20.7. The monoisotopic (exact) mass is 396 g/mol. The zero-order chi connectivity index (χ0) is 20.5. The van der Waals surface area contributed by atoms with Crippen molar-refractivity contribution in [3.63, 3.8) is 0 Å². The minimum Gasteiger partial charge on any atom is -0.494 e. The highest BCUT2D eigenvalue weighted by Gasteiger charge is 2.18. The van der Waals surface area contributed by atoms with Crippen LogP contribution in [-0.4, -0.2) is 31.1 Å². The summed E-state index contributed by atoms with van der Waals surface area (Å²) < 4.78 is 11.4. The van der Waals surface area contributed by atoms with E-state index in [-0.39, 0.29) is 24.5 Å². The van der Waals surface area contributed by atoms with Gasteiger partial charge in [-0.3, -0.25) is 9.59 Å². The van der Waals surface area contributed by atoms with E-state index in [1.165, 1.54) is 12.8 Å². The van der Waals surface area contributed by atoms with Gasteiger partial charge >= 0.3 is 0 Å². The molecule has 0 spiro atoms. The van der Waals surface area contributed by atoms with Gasteiger partial charge in [-0.25, -0.2) is 0 Å². The molecule has 0 aliphatic heterocycles. The molecule has 1 saturated carbocycles. The van der Waals surface area contributed by atoms with Crippen LogP contribution < -0.4 is 20.1 Å². The standard InChI is InChI=1S/C23H28N2O4/c1-2-28-19-13-11-17(12-14-19)23(27)25-16-22(26)24-15-18-7-3-6-10-21(18)29-20-8-4-5-9-20/h3,6-7,10-14,20H,2,4-5,8-9,15-16H2,1H3,(H,24,26)(H,25,27). The highest BCUT2D eigenvalue weighted by Crippen LogP contribution is 2.26. The highest BCUT2D eigenvalue weighted by atomic mass is 16.5. The molecule has 3 rings (SSSR count). The molecule has 0 radical (unpaired) electrons. The molecule has 6 nitrogen and oxygen atoms in total. The summed E-state index contributed by atoms with van der Waals surface area (Å²) in [5.74, 6) is 0.978. The number of nitrogens with one attached hydrogen (secondary N) is 2. The molecule has 0 aromatic heterocycles. The molecule has 2 aromatic rings. The number of amides is 2. The van der Waals surface area contributed by atoms with Crippen LogP contribution in [0.5, 0.6) is 11.5 Å². The van der Waals surface area contributed by atoms with E-state index in [4.69, 9.17) is 9.47 Å². The molecule has 2 aromatic carbocycles. The van der Waals surface area contributed by atoms with Gasteiger partial charge in [-0.05, 0) is 62.9 Å². The fourth-order valence-electron chi connectivity index (χ4n) is 3.34. The quantitative estimate of drug-likeness (QED) is 0.681. The Morgan fingerprint density at radius 3 is 2.45 bits per heavy atom. The van der Waals surface area contributed by atoms with Gasteiger partial charge in [-0.1, -0.05) is 18.2 Å². The molecule has 1 aliphatic rings. The molecule has 0 bridgehead atoms. The number of hydrogen-bond donors (Lipinski definition) is 2. The molecule has 0 saturated heterocycles. The first-order chi connectivity index (χ1) is 14.2. The average molecular weight is 396 g/mol. The van der Waals surface area contributed by atoms with Crippen LogP contribution in [0.2, 0.25) is 0 Å². The van der Waals surface area contributed by atoms with Crippen LogP contribution >= 0.6 is 0 Å². The molecule has 29 heavy (non-hydrogen) atoms. The summed E-state index contributed by atoms with van der Waals surface area (Å²) in [4.78, 5) is 24.3. The van der Waals surface area contributed by atoms with Crippen molar-refractivity contribution in [3.05, 3.63) is 59.7 Å². The zero-order valence-electron chi connectivity index (χ0n) is 16.8. The molecular weight excluding hydrogens is 368 g/mol. The number of rotatable bonds is 9. The van der Waals surface area contributed by atoms with E-state index in [0.29, 0.717) is 24.5 Å². The van der Waals surface area contributed by atoms with Gasteiger partial charge in [0.05, 0.1) is 19.3 Å². The van der Waals surface area contributed by atoms with Crippen LogP contribution in [-0.2, 0) is 11.3 Å². The molecule has 6 heteroatoms. The summed E-state index contributed by atoms with van der Waals surface area (Å²) >= 11 is 0. The van der Waals surface area contributed by atoms with Gasteiger partial charge < -0.3 is 20.1 Å². The van der Waals surface area contributed by atoms with Gasteiger partial charge in [-0.2, -0.15) is 0 Å². The van der Waals surface area contributed by atoms with Crippen molar-refractivity contribution in [2.24, 2.45) is 0 Å². The molecule has 2 N–H and O–H groups in total. The number of para-hydroxylation sites is 1. The number of carbonyl (C=O) groups is 2. The van der Waals surface area contributed by atoms with Crippen LogP contribution in [0, 0.1) is 0 Å². The second-order valence-electron chi connectivity index (χ2n) is 7.05. The lowest BCUT2D eigenvalue weighted by Crippen LogP contribution is -2.36. The van der Waals surface area contributed by atoms with Gasteiger partial charge in [0.2, 0.25) is 5.91 Å². The summed E-state index contributed by atoms with van der Waals surface area (Å²) in [6.45, 7) is 2.75.